The molecule has 7 heavy (non-hydrogen) atoms. The van der Waals surface area contributed by atoms with Crippen molar-refractivity contribution in [3.63, 3.8) is 0 Å². The van der Waals surface area contributed by atoms with Crippen LogP contribution >= 0.6 is 0 Å². The Kier molecular flexibility index (Phi) is 51.7. The SMILES string of the molecule is O.[Ca+2].[Mg+2].[O-]B([O-])[O-]. The predicted octanol–water partition coefficient (Wildman–Crippen LogP) is -5.53. The number of hydrogen-bond acceptors (Lipinski definition) is 3. The second-order valence-corrected chi connectivity index (χ2v) is 0.289. The summed E-state index contributed by atoms with van der Waals surface area (Å²) in [5.74, 6) is 0. The van der Waals surface area contributed by atoms with Gasteiger partial charge in [-0.2, -0.15) is 0 Å². The minimum atomic E-state index is -2.92. The van der Waals surface area contributed by atoms with E-state index in [9.17, 15) is 0 Å². The summed E-state index contributed by atoms with van der Waals surface area (Å²) in [4.78, 5) is 0. The summed E-state index contributed by atoms with van der Waals surface area (Å²) in [6, 6.07) is 0. The summed E-state index contributed by atoms with van der Waals surface area (Å²) in [6.45, 7) is 0. The van der Waals surface area contributed by atoms with Crippen LogP contribution in [0.4, 0.5) is 0 Å². The van der Waals surface area contributed by atoms with Crippen LogP contribution in [0, 0.1) is 0 Å². The van der Waals surface area contributed by atoms with Gasteiger partial charge in [0.2, 0.25) is 0 Å². The Morgan fingerprint density at radius 2 is 1.00 bits per heavy atom. The molecule has 0 radical (unpaired) electrons. The van der Waals surface area contributed by atoms with Gasteiger partial charge in [-0.1, -0.05) is 0 Å². The van der Waals surface area contributed by atoms with E-state index in [1.807, 2.05) is 0 Å². The maximum Gasteiger partial charge on any atom is 2.00 e. The van der Waals surface area contributed by atoms with Gasteiger partial charge < -0.3 is 20.5 Å². The number of rotatable bonds is 0. The predicted molar refractivity (Wildman–Crippen MR) is 20.9 cm³/mol. The van der Waals surface area contributed by atoms with E-state index >= 15 is 0 Å². The molecule has 0 fully saturated rings. The summed E-state index contributed by atoms with van der Waals surface area (Å²) in [7, 11) is -2.92. The van der Waals surface area contributed by atoms with Gasteiger partial charge in [0.05, 0.1) is 0 Å². The summed E-state index contributed by atoms with van der Waals surface area (Å²) >= 11 is 0. The van der Waals surface area contributed by atoms with Gasteiger partial charge >= 0.3 is 60.8 Å². The van der Waals surface area contributed by atoms with Gasteiger partial charge in [-0.3, -0.25) is 7.32 Å². The first-order chi connectivity index (χ1) is 1.73. The number of hydrogen-bond donors (Lipinski definition) is 0. The first-order valence-corrected chi connectivity index (χ1v) is 0.707. The average Bonchev–Trinajstić information content (AvgIpc) is 0.811. The third-order valence-corrected chi connectivity index (χ3v) is 0. The van der Waals surface area contributed by atoms with Crippen LogP contribution in [0.3, 0.4) is 0 Å². The van der Waals surface area contributed by atoms with Crippen molar-refractivity contribution >= 4 is 68.1 Å². The van der Waals surface area contributed by atoms with Crippen molar-refractivity contribution < 1.29 is 20.5 Å². The maximum absolute atomic E-state index is 8.42. The first-order valence-electron chi connectivity index (χ1n) is 0.707. The van der Waals surface area contributed by atoms with Gasteiger partial charge in [0.15, 0.2) is 0 Å². The Morgan fingerprint density at radius 1 is 1.00 bits per heavy atom. The zero-order valence-corrected chi connectivity index (χ0v) is 7.34. The molecule has 4 nitrogen and oxygen atoms in total. The molecule has 0 aliphatic heterocycles. The Balaban J connectivity index is -0.0000000150. The maximum atomic E-state index is 8.42. The standard InChI is InChI=1S/BO3.Ca.Mg.H2O/c2-1(3)4;;;/h;;;1H2/q-3;2*+2;. The molecule has 0 rings (SSSR count). The van der Waals surface area contributed by atoms with Crippen molar-refractivity contribution in [3.8, 4) is 0 Å². The molecule has 0 saturated heterocycles. The van der Waals surface area contributed by atoms with E-state index in [2.05, 4.69) is 0 Å². The molecule has 0 aromatic rings. The summed E-state index contributed by atoms with van der Waals surface area (Å²) in [5.41, 5.74) is 0. The minimum absolute atomic E-state index is 0. The van der Waals surface area contributed by atoms with E-state index < -0.39 is 7.32 Å². The Morgan fingerprint density at radius 3 is 1.00 bits per heavy atom. The van der Waals surface area contributed by atoms with Gasteiger partial charge in [-0.25, -0.2) is 0 Å². The largest absolute Gasteiger partial charge is 2.00 e. The van der Waals surface area contributed by atoms with E-state index in [0.29, 0.717) is 0 Å². The molecule has 0 atom stereocenters. The topological polar surface area (TPSA) is 101 Å². The Labute approximate surface area is 87.6 Å². The van der Waals surface area contributed by atoms with Crippen molar-refractivity contribution in [1.82, 2.24) is 0 Å². The van der Waals surface area contributed by atoms with Crippen molar-refractivity contribution in [3.05, 3.63) is 0 Å². The minimum Gasteiger partial charge on any atom is -0.907 e. The molecule has 7 heteroatoms. The van der Waals surface area contributed by atoms with Crippen LogP contribution in [0.15, 0.2) is 0 Å². The first kappa shape index (κ1) is 23.1. The van der Waals surface area contributed by atoms with Gasteiger partial charge in [0, 0.05) is 0 Å². The van der Waals surface area contributed by atoms with Crippen LogP contribution in [0.5, 0.6) is 0 Å². The van der Waals surface area contributed by atoms with Crippen LogP contribution in [0.25, 0.3) is 0 Å². The molecular formula is H2BCaMgO4+. The summed E-state index contributed by atoms with van der Waals surface area (Å²) in [6.07, 6.45) is 0. The van der Waals surface area contributed by atoms with Crippen LogP contribution in [-0.2, 0) is 0 Å². The summed E-state index contributed by atoms with van der Waals surface area (Å²) in [5, 5.41) is 25.2. The molecule has 0 aliphatic rings. The Bertz CT molecular complexity index is 16.4. The molecule has 0 aromatic carbocycles. The van der Waals surface area contributed by atoms with E-state index in [-0.39, 0.29) is 66.3 Å². The average molecular weight is 141 g/mol. The van der Waals surface area contributed by atoms with Gasteiger partial charge in [0.25, 0.3) is 0 Å². The van der Waals surface area contributed by atoms with Crippen molar-refractivity contribution in [2.45, 2.75) is 0 Å². The molecule has 0 amide bonds. The zero-order chi connectivity index (χ0) is 3.58. The van der Waals surface area contributed by atoms with E-state index in [0.717, 1.165) is 0 Å². The molecule has 0 unspecified atom stereocenters. The van der Waals surface area contributed by atoms with E-state index in [1.54, 1.807) is 0 Å². The molecule has 2 N–H and O–H groups in total. The Hall–Kier alpha value is 1.93. The molecule has 0 saturated carbocycles. The normalized spacial score (nSPS) is 3.86. The van der Waals surface area contributed by atoms with Gasteiger partial charge in [0.1, 0.15) is 0 Å². The van der Waals surface area contributed by atoms with Gasteiger partial charge in [-0.15, -0.1) is 0 Å². The summed E-state index contributed by atoms with van der Waals surface area (Å²) < 4.78 is 0. The van der Waals surface area contributed by atoms with Crippen LogP contribution in [0.1, 0.15) is 0 Å². The molecule has 0 aromatic heterocycles. The fourth-order valence-corrected chi connectivity index (χ4v) is 0. The molecule has 0 aliphatic carbocycles. The second-order valence-electron chi connectivity index (χ2n) is 0.289. The van der Waals surface area contributed by atoms with Crippen LogP contribution in [0.2, 0.25) is 0 Å². The molecule has 0 spiro atoms. The quantitative estimate of drug-likeness (QED) is 0.314. The molecule has 0 bridgehead atoms. The monoisotopic (exact) mass is 141 g/mol. The van der Waals surface area contributed by atoms with E-state index in [4.69, 9.17) is 15.1 Å². The third kappa shape index (κ3) is 74.8. The third-order valence-electron chi connectivity index (χ3n) is 0. The van der Waals surface area contributed by atoms with Crippen molar-refractivity contribution in [2.75, 3.05) is 0 Å². The van der Waals surface area contributed by atoms with Crippen molar-refractivity contribution in [2.24, 2.45) is 0 Å². The second kappa shape index (κ2) is 15.7. The van der Waals surface area contributed by atoms with Crippen molar-refractivity contribution in [1.29, 1.82) is 0 Å². The van der Waals surface area contributed by atoms with Crippen LogP contribution < -0.4 is 15.1 Å². The zero-order valence-electron chi connectivity index (χ0n) is 3.72. The smallest absolute Gasteiger partial charge is 0.907 e. The molecule has 0 heterocycles. The van der Waals surface area contributed by atoms with Crippen LogP contribution in [-0.4, -0.2) is 73.6 Å². The fourth-order valence-electron chi connectivity index (χ4n) is 0. The fraction of sp³-hybridized carbons (Fsp3) is 0. The molecule has 32 valence electrons. The van der Waals surface area contributed by atoms with Gasteiger partial charge in [-0.05, 0) is 0 Å². The van der Waals surface area contributed by atoms with E-state index in [1.165, 1.54) is 0 Å². The molecular weight excluding hydrogens is 139 g/mol.